The van der Waals surface area contributed by atoms with Gasteiger partial charge in [-0.1, -0.05) is 18.5 Å². The molecule has 1 aliphatic heterocycles. The minimum absolute atomic E-state index is 0.181. The largest absolute Gasteiger partial charge is 0.391 e. The summed E-state index contributed by atoms with van der Waals surface area (Å²) in [5.74, 6) is 0.0462. The molecule has 0 aromatic carbocycles. The molecule has 0 saturated carbocycles. The molecule has 4 nitrogen and oxygen atoms in total. The number of nitrogens with zero attached hydrogens (tertiary/aromatic N) is 2. The van der Waals surface area contributed by atoms with Crippen molar-refractivity contribution in [3.05, 3.63) is 27.5 Å². The number of amides is 1. The van der Waals surface area contributed by atoms with Crippen LogP contribution in [0.25, 0.3) is 0 Å². The second-order valence-electron chi connectivity index (χ2n) is 4.58. The lowest BCUT2D eigenvalue weighted by molar-refractivity contribution is 0.0248. The van der Waals surface area contributed by atoms with Crippen LogP contribution in [-0.2, 0) is 0 Å². The summed E-state index contributed by atoms with van der Waals surface area (Å²) >= 11 is 9.20. The van der Waals surface area contributed by atoms with Gasteiger partial charge in [-0.3, -0.25) is 4.79 Å². The number of hydrogen-bond donors (Lipinski definition) is 1. The minimum atomic E-state index is -0.471. The molecule has 98 valence electrons. The molecule has 6 heteroatoms. The lowest BCUT2D eigenvalue weighted by Gasteiger charge is -2.34. The molecule has 1 N–H and O–H groups in total. The van der Waals surface area contributed by atoms with Crippen molar-refractivity contribution in [3.8, 4) is 0 Å². The van der Waals surface area contributed by atoms with E-state index >= 15 is 0 Å². The quantitative estimate of drug-likeness (QED) is 0.803. The van der Waals surface area contributed by atoms with Crippen molar-refractivity contribution in [2.24, 2.45) is 5.92 Å². The maximum Gasteiger partial charge on any atom is 0.257 e. The standard InChI is InChI=1S/C12H14BrClN2O2/c1-7-2-3-16(6-10(7)17)12(18)9-4-8(13)5-15-11(9)14/h4-5,7,10,17H,2-3,6H2,1H3. The third-order valence-corrected chi connectivity index (χ3v) is 3.98. The zero-order chi connectivity index (χ0) is 13.3. The molecule has 1 aromatic rings. The van der Waals surface area contributed by atoms with Crippen molar-refractivity contribution in [1.29, 1.82) is 0 Å². The molecule has 0 bridgehead atoms. The van der Waals surface area contributed by atoms with E-state index in [2.05, 4.69) is 20.9 Å². The topological polar surface area (TPSA) is 53.4 Å². The van der Waals surface area contributed by atoms with E-state index in [4.69, 9.17) is 11.6 Å². The first-order valence-electron chi connectivity index (χ1n) is 5.77. The molecule has 1 amide bonds. The number of pyridine rings is 1. The smallest absolute Gasteiger partial charge is 0.257 e. The van der Waals surface area contributed by atoms with E-state index in [1.54, 1.807) is 17.2 Å². The van der Waals surface area contributed by atoms with Crippen LogP contribution in [0.3, 0.4) is 0 Å². The van der Waals surface area contributed by atoms with Crippen LogP contribution < -0.4 is 0 Å². The summed E-state index contributed by atoms with van der Waals surface area (Å²) in [7, 11) is 0. The summed E-state index contributed by atoms with van der Waals surface area (Å²) in [4.78, 5) is 17.9. The Balaban J connectivity index is 2.19. The zero-order valence-corrected chi connectivity index (χ0v) is 12.3. The van der Waals surface area contributed by atoms with Crippen molar-refractivity contribution in [2.45, 2.75) is 19.4 Å². The van der Waals surface area contributed by atoms with Gasteiger partial charge in [0.25, 0.3) is 5.91 Å². The number of carbonyl (C=O) groups excluding carboxylic acids is 1. The monoisotopic (exact) mass is 332 g/mol. The number of likely N-dealkylation sites (tertiary alicyclic amines) is 1. The van der Waals surface area contributed by atoms with Gasteiger partial charge in [0.15, 0.2) is 0 Å². The Kier molecular flexibility index (Phi) is 4.25. The first kappa shape index (κ1) is 13.8. The first-order valence-corrected chi connectivity index (χ1v) is 6.94. The van der Waals surface area contributed by atoms with Crippen LogP contribution in [-0.4, -0.2) is 40.1 Å². The molecule has 2 unspecified atom stereocenters. The van der Waals surface area contributed by atoms with Crippen LogP contribution in [0.2, 0.25) is 5.15 Å². The molecular formula is C12H14BrClN2O2. The Morgan fingerprint density at radius 2 is 2.39 bits per heavy atom. The normalized spacial score (nSPS) is 24.1. The average Bonchev–Trinajstić information content (AvgIpc) is 2.35. The van der Waals surface area contributed by atoms with Crippen molar-refractivity contribution in [2.75, 3.05) is 13.1 Å². The Morgan fingerprint density at radius 3 is 3.06 bits per heavy atom. The van der Waals surface area contributed by atoms with Gasteiger partial charge in [0.2, 0.25) is 0 Å². The van der Waals surface area contributed by atoms with Gasteiger partial charge in [0, 0.05) is 23.8 Å². The van der Waals surface area contributed by atoms with Gasteiger partial charge in [-0.15, -0.1) is 0 Å². The van der Waals surface area contributed by atoms with Crippen LogP contribution in [0, 0.1) is 5.92 Å². The van der Waals surface area contributed by atoms with E-state index in [9.17, 15) is 9.90 Å². The fraction of sp³-hybridized carbons (Fsp3) is 0.500. The first-order chi connectivity index (χ1) is 8.49. The number of β-amino-alcohol motifs (C(OH)–C–C–N with tert-alkyl or cyclic N) is 1. The molecule has 1 aromatic heterocycles. The maximum atomic E-state index is 12.3. The third kappa shape index (κ3) is 2.84. The van der Waals surface area contributed by atoms with Crippen LogP contribution in [0.5, 0.6) is 0 Å². The summed E-state index contributed by atoms with van der Waals surface area (Å²) in [5, 5.41) is 10.0. The minimum Gasteiger partial charge on any atom is -0.391 e. The van der Waals surface area contributed by atoms with Crippen LogP contribution in [0.1, 0.15) is 23.7 Å². The predicted molar refractivity (Wildman–Crippen MR) is 72.6 cm³/mol. The fourth-order valence-electron chi connectivity index (χ4n) is 1.98. The van der Waals surface area contributed by atoms with E-state index in [-0.39, 0.29) is 17.0 Å². The van der Waals surface area contributed by atoms with Crippen molar-refractivity contribution in [1.82, 2.24) is 9.88 Å². The van der Waals surface area contributed by atoms with Crippen molar-refractivity contribution >= 4 is 33.4 Å². The molecule has 2 heterocycles. The van der Waals surface area contributed by atoms with E-state index < -0.39 is 6.10 Å². The van der Waals surface area contributed by atoms with E-state index in [1.807, 2.05) is 6.92 Å². The highest BCUT2D eigenvalue weighted by molar-refractivity contribution is 9.10. The summed E-state index contributed by atoms with van der Waals surface area (Å²) in [5.41, 5.74) is 0.368. The van der Waals surface area contributed by atoms with Gasteiger partial charge < -0.3 is 10.0 Å². The van der Waals surface area contributed by atoms with Gasteiger partial charge in [-0.25, -0.2) is 4.98 Å². The fourth-order valence-corrected chi connectivity index (χ4v) is 2.49. The van der Waals surface area contributed by atoms with E-state index in [0.29, 0.717) is 23.1 Å². The average molecular weight is 334 g/mol. The summed E-state index contributed by atoms with van der Waals surface area (Å²) in [6.07, 6.45) is 1.87. The Morgan fingerprint density at radius 1 is 1.67 bits per heavy atom. The van der Waals surface area contributed by atoms with Gasteiger partial charge in [0.05, 0.1) is 11.7 Å². The number of rotatable bonds is 1. The summed E-state index contributed by atoms with van der Waals surface area (Å²) in [6, 6.07) is 1.65. The predicted octanol–water partition coefficient (Wildman–Crippen LogP) is 2.34. The molecule has 0 aliphatic carbocycles. The van der Waals surface area contributed by atoms with Crippen LogP contribution >= 0.6 is 27.5 Å². The molecule has 0 radical (unpaired) electrons. The van der Waals surface area contributed by atoms with Crippen LogP contribution in [0.4, 0.5) is 0 Å². The molecule has 18 heavy (non-hydrogen) atoms. The Bertz CT molecular complexity index is 469. The highest BCUT2D eigenvalue weighted by Gasteiger charge is 2.29. The number of halogens is 2. The summed E-state index contributed by atoms with van der Waals surface area (Å²) in [6.45, 7) is 2.98. The number of aliphatic hydroxyl groups excluding tert-OH is 1. The second-order valence-corrected chi connectivity index (χ2v) is 5.85. The number of aliphatic hydroxyl groups is 1. The van der Waals surface area contributed by atoms with E-state index in [0.717, 1.165) is 6.42 Å². The number of hydrogen-bond acceptors (Lipinski definition) is 3. The Labute approximate surface area is 119 Å². The lowest BCUT2D eigenvalue weighted by atomic mass is 9.95. The Hall–Kier alpha value is -0.650. The molecule has 1 fully saturated rings. The maximum absolute atomic E-state index is 12.3. The second kappa shape index (κ2) is 5.55. The van der Waals surface area contributed by atoms with Crippen LogP contribution in [0.15, 0.2) is 16.7 Å². The zero-order valence-electron chi connectivity index (χ0n) is 9.94. The number of aromatic nitrogens is 1. The summed E-state index contributed by atoms with van der Waals surface area (Å²) < 4.78 is 0.709. The molecular weight excluding hydrogens is 320 g/mol. The lowest BCUT2D eigenvalue weighted by Crippen LogP contribution is -2.45. The van der Waals surface area contributed by atoms with Gasteiger partial charge in [-0.2, -0.15) is 0 Å². The molecule has 2 atom stereocenters. The highest BCUT2D eigenvalue weighted by Crippen LogP contribution is 2.23. The molecule has 1 aliphatic rings. The number of piperidine rings is 1. The van der Waals surface area contributed by atoms with E-state index in [1.165, 1.54) is 0 Å². The SMILES string of the molecule is CC1CCN(C(=O)c2cc(Br)cnc2Cl)CC1O. The van der Waals surface area contributed by atoms with Gasteiger partial charge >= 0.3 is 0 Å². The third-order valence-electron chi connectivity index (χ3n) is 3.24. The van der Waals surface area contributed by atoms with Gasteiger partial charge in [0.1, 0.15) is 5.15 Å². The van der Waals surface area contributed by atoms with Crippen molar-refractivity contribution in [3.63, 3.8) is 0 Å². The van der Waals surface area contributed by atoms with Crippen molar-refractivity contribution < 1.29 is 9.90 Å². The molecule has 0 spiro atoms. The molecule has 2 rings (SSSR count). The van der Waals surface area contributed by atoms with Gasteiger partial charge in [-0.05, 0) is 34.3 Å². The molecule has 1 saturated heterocycles. The number of carbonyl (C=O) groups is 1. The highest BCUT2D eigenvalue weighted by atomic mass is 79.9.